The van der Waals surface area contributed by atoms with Crippen LogP contribution < -0.4 is 15.5 Å². The van der Waals surface area contributed by atoms with Crippen LogP contribution in [0.3, 0.4) is 0 Å². The molecule has 184 valence electrons. The monoisotopic (exact) mass is 488 g/mol. The van der Waals surface area contributed by atoms with Gasteiger partial charge in [-0.25, -0.2) is 18.7 Å². The minimum absolute atomic E-state index is 0.0471. The van der Waals surface area contributed by atoms with E-state index in [1.54, 1.807) is 24.3 Å². The maximum absolute atomic E-state index is 13.5. The molecule has 2 aliphatic rings. The zero-order valence-electron chi connectivity index (χ0n) is 19.4. The van der Waals surface area contributed by atoms with Crippen LogP contribution in [-0.4, -0.2) is 46.1 Å². The lowest BCUT2D eigenvalue weighted by Gasteiger charge is -2.32. The molecule has 2 atom stereocenters. The van der Waals surface area contributed by atoms with Gasteiger partial charge >= 0.3 is 0 Å². The van der Waals surface area contributed by atoms with Gasteiger partial charge in [0.05, 0.1) is 12.2 Å². The van der Waals surface area contributed by atoms with Crippen LogP contribution in [0.2, 0.25) is 0 Å². The van der Waals surface area contributed by atoms with Gasteiger partial charge in [-0.3, -0.25) is 4.79 Å². The first kappa shape index (κ1) is 24.7. The second-order valence-electron chi connectivity index (χ2n) is 8.87. The zero-order valence-corrected chi connectivity index (χ0v) is 20.2. The van der Waals surface area contributed by atoms with Gasteiger partial charge in [-0.2, -0.15) is 0 Å². The molecule has 2 aromatic carbocycles. The highest BCUT2D eigenvalue weighted by Gasteiger charge is 2.47. The van der Waals surface area contributed by atoms with Gasteiger partial charge in [0.25, 0.3) is 0 Å². The number of carbonyl (C=O) groups excluding carboxylic acids is 1. The lowest BCUT2D eigenvalue weighted by atomic mass is 9.90. The van der Waals surface area contributed by atoms with Crippen LogP contribution in [0.5, 0.6) is 11.5 Å². The van der Waals surface area contributed by atoms with Crippen molar-refractivity contribution in [2.45, 2.75) is 50.1 Å². The Bertz CT molecular complexity index is 1070. The van der Waals surface area contributed by atoms with Crippen molar-refractivity contribution >= 4 is 15.7 Å². The molecule has 4 rings (SSSR count). The van der Waals surface area contributed by atoms with E-state index in [-0.39, 0.29) is 18.6 Å². The van der Waals surface area contributed by atoms with Crippen molar-refractivity contribution in [2.75, 3.05) is 25.4 Å². The molecule has 0 aliphatic carbocycles. The number of hydroxylamine groups is 1. The Balaban J connectivity index is 1.54. The van der Waals surface area contributed by atoms with Gasteiger partial charge in [0.15, 0.2) is 16.1 Å². The maximum atomic E-state index is 13.5. The molecule has 0 saturated carbocycles. The van der Waals surface area contributed by atoms with Crippen molar-refractivity contribution in [2.24, 2.45) is 0 Å². The van der Waals surface area contributed by atoms with E-state index in [2.05, 4.69) is 10.8 Å². The lowest BCUT2D eigenvalue weighted by Crippen LogP contribution is -2.43. The lowest BCUT2D eigenvalue weighted by molar-refractivity contribution is -0.200. The summed E-state index contributed by atoms with van der Waals surface area (Å²) in [5.41, 5.74) is 4.13. The molecule has 1 amide bonds. The van der Waals surface area contributed by atoms with E-state index in [4.69, 9.17) is 14.3 Å². The van der Waals surface area contributed by atoms with Crippen LogP contribution in [0, 0.1) is 6.92 Å². The summed E-state index contributed by atoms with van der Waals surface area (Å²) in [7, 11) is -3.64. The van der Waals surface area contributed by atoms with Gasteiger partial charge in [0, 0.05) is 19.6 Å². The summed E-state index contributed by atoms with van der Waals surface area (Å²) < 4.78 is 36.9. The summed E-state index contributed by atoms with van der Waals surface area (Å²) in [6.45, 7) is 3.43. The van der Waals surface area contributed by atoms with E-state index in [1.807, 2.05) is 31.2 Å². The fraction of sp³-hybridized carbons (Fsp3) is 0.480. The molecule has 2 aromatic rings. The molecule has 2 N–H and O–H groups in total. The van der Waals surface area contributed by atoms with E-state index in [0.717, 1.165) is 18.4 Å². The second kappa shape index (κ2) is 10.9. The first-order valence-corrected chi connectivity index (χ1v) is 13.4. The minimum Gasteiger partial charge on any atom is -0.457 e. The largest absolute Gasteiger partial charge is 0.457 e. The van der Waals surface area contributed by atoms with E-state index in [0.29, 0.717) is 43.2 Å². The number of amides is 1. The predicted molar refractivity (Wildman–Crippen MR) is 128 cm³/mol. The smallest absolute Gasteiger partial charge is 0.245 e. The number of hydrogen-bond donors (Lipinski definition) is 2. The molecule has 9 heteroatoms. The molecule has 0 spiro atoms. The van der Waals surface area contributed by atoms with Crippen molar-refractivity contribution in [1.29, 1.82) is 0 Å². The third-order valence-corrected chi connectivity index (χ3v) is 8.89. The number of aryl methyl sites for hydroxylation is 1. The van der Waals surface area contributed by atoms with E-state index in [9.17, 15) is 13.2 Å². The van der Waals surface area contributed by atoms with Crippen LogP contribution in [0.25, 0.3) is 0 Å². The fourth-order valence-electron chi connectivity index (χ4n) is 4.40. The molecule has 2 aliphatic heterocycles. The summed E-state index contributed by atoms with van der Waals surface area (Å²) in [6.07, 6.45) is 2.16. The average Bonchev–Trinajstić information content (AvgIpc) is 2.98. The number of nitrogens with one attached hydrogen (secondary N) is 2. The van der Waals surface area contributed by atoms with Gasteiger partial charge in [0.1, 0.15) is 16.2 Å². The number of hydrogen-bond acceptors (Lipinski definition) is 7. The molecule has 0 radical (unpaired) electrons. The highest BCUT2D eigenvalue weighted by molar-refractivity contribution is 7.92. The molecule has 34 heavy (non-hydrogen) atoms. The molecule has 8 nitrogen and oxygen atoms in total. The van der Waals surface area contributed by atoms with Gasteiger partial charge < -0.3 is 14.8 Å². The minimum atomic E-state index is -3.64. The fourth-order valence-corrected chi connectivity index (χ4v) is 6.46. The summed E-state index contributed by atoms with van der Waals surface area (Å²) >= 11 is 0. The molecule has 2 fully saturated rings. The first-order chi connectivity index (χ1) is 16.4. The summed E-state index contributed by atoms with van der Waals surface area (Å²) in [5.74, 6) is 0.753. The van der Waals surface area contributed by atoms with Gasteiger partial charge in [-0.15, -0.1) is 0 Å². The average molecular weight is 489 g/mol. The molecular weight excluding hydrogens is 456 g/mol. The van der Waals surface area contributed by atoms with Gasteiger partial charge in [-0.05, 0) is 62.6 Å². The van der Waals surface area contributed by atoms with Crippen molar-refractivity contribution in [1.82, 2.24) is 10.8 Å². The molecule has 2 unspecified atom stereocenters. The number of carbonyl (C=O) groups is 1. The number of benzene rings is 2. The summed E-state index contributed by atoms with van der Waals surface area (Å²) in [4.78, 5) is 18.3. The maximum Gasteiger partial charge on any atom is 0.245 e. The van der Waals surface area contributed by atoms with Crippen molar-refractivity contribution in [3.05, 3.63) is 59.7 Å². The number of ether oxygens (including phenoxy) is 2. The van der Waals surface area contributed by atoms with Crippen LogP contribution in [0.15, 0.2) is 48.5 Å². The second-order valence-corrected chi connectivity index (χ2v) is 11.3. The Morgan fingerprint density at radius 2 is 1.79 bits per heavy atom. The highest BCUT2D eigenvalue weighted by atomic mass is 32.2. The molecule has 2 saturated heterocycles. The predicted octanol–water partition coefficient (Wildman–Crippen LogP) is 3.36. The highest BCUT2D eigenvalue weighted by Crippen LogP contribution is 2.40. The van der Waals surface area contributed by atoms with Crippen LogP contribution in [-0.2, 0) is 29.0 Å². The Morgan fingerprint density at radius 1 is 1.09 bits per heavy atom. The van der Waals surface area contributed by atoms with E-state index < -0.39 is 26.8 Å². The third kappa shape index (κ3) is 5.78. The third-order valence-electron chi connectivity index (χ3n) is 6.37. The molecule has 0 bridgehead atoms. The first-order valence-electron chi connectivity index (χ1n) is 11.7. The van der Waals surface area contributed by atoms with E-state index in [1.165, 1.54) is 0 Å². The van der Waals surface area contributed by atoms with Crippen molar-refractivity contribution < 1.29 is 27.5 Å². The van der Waals surface area contributed by atoms with E-state index >= 15 is 0 Å². The Kier molecular flexibility index (Phi) is 7.88. The zero-order chi connectivity index (χ0) is 24.0. The summed E-state index contributed by atoms with van der Waals surface area (Å²) in [5, 5.41) is 3.15. The van der Waals surface area contributed by atoms with Crippen molar-refractivity contribution in [3.8, 4) is 11.5 Å². The molecule has 2 heterocycles. The molecular formula is C25H32N2O6S. The standard InChI is InChI=1S/C25H32N2O6S/c1-19-5-9-21(10-6-19)32-22-11-7-20(8-12-22)25(13-14-26-15-17-34(25,29)30)18-23(28)27-33-24-4-2-3-16-31-24/h5-12,24,26H,2-4,13-18H2,1H3,(H,27,28). The normalized spacial score (nSPS) is 24.7. The Hall–Kier alpha value is -2.46. The van der Waals surface area contributed by atoms with Crippen LogP contribution in [0.4, 0.5) is 0 Å². The number of rotatable bonds is 7. The number of sulfone groups is 1. The Labute approximate surface area is 200 Å². The SMILES string of the molecule is Cc1ccc(Oc2ccc(C3(CC(=O)NOC4CCCCO4)CCNCCS3(=O)=O)cc2)cc1. The van der Waals surface area contributed by atoms with Crippen molar-refractivity contribution in [3.63, 3.8) is 0 Å². The quantitative estimate of drug-likeness (QED) is 0.576. The Morgan fingerprint density at radius 3 is 2.47 bits per heavy atom. The van der Waals surface area contributed by atoms with Crippen LogP contribution >= 0.6 is 0 Å². The molecule has 0 aromatic heterocycles. The van der Waals surface area contributed by atoms with Gasteiger partial charge in [0.2, 0.25) is 5.91 Å². The van der Waals surface area contributed by atoms with Gasteiger partial charge in [-0.1, -0.05) is 29.8 Å². The summed E-state index contributed by atoms with van der Waals surface area (Å²) in [6, 6.07) is 14.7. The van der Waals surface area contributed by atoms with Crippen LogP contribution in [0.1, 0.15) is 43.2 Å². The topological polar surface area (TPSA) is 103 Å².